The van der Waals surface area contributed by atoms with Crippen LogP contribution in [0.4, 0.5) is 15.8 Å². The highest BCUT2D eigenvalue weighted by Crippen LogP contribution is 2.37. The number of benzene rings is 2. The van der Waals surface area contributed by atoms with Gasteiger partial charge < -0.3 is 14.2 Å². The summed E-state index contributed by atoms with van der Waals surface area (Å²) in [6.45, 7) is 15.8. The highest BCUT2D eigenvalue weighted by Gasteiger charge is 2.31. The Bertz CT molecular complexity index is 1600. The molecular formula is C33H40FN5O3S. The molecule has 0 N–H and O–H groups in total. The smallest absolute Gasteiger partial charge is 0.265 e. The number of amides is 2. The van der Waals surface area contributed by atoms with Crippen molar-refractivity contribution in [3.8, 4) is 18.1 Å². The summed E-state index contributed by atoms with van der Waals surface area (Å²) in [7, 11) is 0. The molecule has 2 aliphatic heterocycles. The van der Waals surface area contributed by atoms with Gasteiger partial charge in [-0.15, -0.1) is 6.42 Å². The molecule has 0 spiro atoms. The second-order valence-corrected chi connectivity index (χ2v) is 13.7. The van der Waals surface area contributed by atoms with Crippen LogP contribution in [0.3, 0.4) is 0 Å². The van der Waals surface area contributed by atoms with Crippen molar-refractivity contribution in [2.75, 3.05) is 18.1 Å². The minimum atomic E-state index is -0.515. The molecule has 43 heavy (non-hydrogen) atoms. The molecule has 0 bridgehead atoms. The second-order valence-electron chi connectivity index (χ2n) is 12.9. The van der Waals surface area contributed by atoms with Crippen LogP contribution < -0.4 is 14.4 Å². The lowest BCUT2D eigenvalue weighted by Crippen LogP contribution is -2.43. The third-order valence-corrected chi connectivity index (χ3v) is 7.93. The molecule has 0 radical (unpaired) electrons. The van der Waals surface area contributed by atoms with Gasteiger partial charge in [0, 0.05) is 48.6 Å². The number of rotatable bonds is 5. The molecule has 0 saturated heterocycles. The molecule has 228 valence electrons. The minimum absolute atomic E-state index is 0.0964. The van der Waals surface area contributed by atoms with Gasteiger partial charge in [0.05, 0.1) is 12.2 Å². The monoisotopic (exact) mass is 605 g/mol. The maximum absolute atomic E-state index is 14.5. The fourth-order valence-electron chi connectivity index (χ4n) is 4.95. The van der Waals surface area contributed by atoms with Crippen molar-refractivity contribution in [1.82, 2.24) is 13.8 Å². The molecule has 0 atom stereocenters. The number of carbonyl (C=O) groups excluding carboxylic acids is 2. The Labute approximate surface area is 257 Å². The first kappa shape index (κ1) is 32.0. The maximum atomic E-state index is 14.5. The Hall–Kier alpha value is -3.97. The fraction of sp³-hybridized carbons (Fsp3) is 0.455. The molecule has 0 aliphatic carbocycles. The molecule has 3 heterocycles. The van der Waals surface area contributed by atoms with Crippen LogP contribution in [0.15, 0.2) is 47.5 Å². The Morgan fingerprint density at radius 1 is 1.26 bits per heavy atom. The first-order chi connectivity index (χ1) is 20.2. The average molecular weight is 606 g/mol. The van der Waals surface area contributed by atoms with E-state index in [2.05, 4.69) is 55.1 Å². The molecule has 2 aromatic carbocycles. The van der Waals surface area contributed by atoms with Crippen molar-refractivity contribution in [3.05, 3.63) is 64.5 Å². The quantitative estimate of drug-likeness (QED) is 0.348. The van der Waals surface area contributed by atoms with Crippen molar-refractivity contribution < 1.29 is 18.7 Å². The van der Waals surface area contributed by atoms with E-state index in [0.29, 0.717) is 22.8 Å². The van der Waals surface area contributed by atoms with Gasteiger partial charge in [0.1, 0.15) is 17.3 Å². The summed E-state index contributed by atoms with van der Waals surface area (Å²) < 4.78 is 26.3. The van der Waals surface area contributed by atoms with Crippen LogP contribution in [0.25, 0.3) is 0 Å². The third kappa shape index (κ3) is 7.52. The lowest BCUT2D eigenvalue weighted by molar-refractivity contribution is -0.142. The zero-order valence-corrected chi connectivity index (χ0v) is 26.8. The number of carbonyl (C=O) groups is 2. The predicted molar refractivity (Wildman–Crippen MR) is 167 cm³/mol. The normalized spacial score (nSPS) is 15.7. The second kappa shape index (κ2) is 12.7. The zero-order chi connectivity index (χ0) is 31.5. The van der Waals surface area contributed by atoms with Crippen LogP contribution in [0.2, 0.25) is 0 Å². The van der Waals surface area contributed by atoms with Crippen LogP contribution in [0, 0.1) is 29.0 Å². The van der Waals surface area contributed by atoms with Crippen LogP contribution in [0.5, 0.6) is 5.75 Å². The summed E-state index contributed by atoms with van der Waals surface area (Å²) in [5.74, 6) is 3.13. The molecule has 5 rings (SSSR count). The lowest BCUT2D eigenvalue weighted by atomic mass is 9.92. The van der Waals surface area contributed by atoms with Crippen LogP contribution in [-0.4, -0.2) is 44.8 Å². The first-order valence-corrected chi connectivity index (χ1v) is 15.1. The van der Waals surface area contributed by atoms with Crippen LogP contribution >= 0.6 is 11.5 Å². The van der Waals surface area contributed by atoms with Crippen LogP contribution in [-0.2, 0) is 29.1 Å². The summed E-state index contributed by atoms with van der Waals surface area (Å²) in [5.41, 5.74) is 1.54. The fourth-order valence-corrected chi connectivity index (χ4v) is 5.70. The standard InChI is InChI=1S/C18H17FN4O2S.C15H23NO/c1-4-5-22-13-7-12(11(19)6-14(13)25-9-16(22)24)20-17-23-10-18(2,3)8-15(23)21-26-17;1-12(2)16(14(17)15(3,4)5)11-13-9-7-6-8-10-13/h1,6-7H,5,8-10H2,2-3H3;6-10,12H,11H2,1-5H3/b20-17-;. The van der Waals surface area contributed by atoms with E-state index >= 15 is 0 Å². The summed E-state index contributed by atoms with van der Waals surface area (Å²) in [6, 6.07) is 13.1. The number of hydrogen-bond donors (Lipinski definition) is 0. The van der Waals surface area contributed by atoms with Crippen molar-refractivity contribution in [1.29, 1.82) is 0 Å². The van der Waals surface area contributed by atoms with Crippen molar-refractivity contribution >= 4 is 34.7 Å². The van der Waals surface area contributed by atoms with E-state index in [1.54, 1.807) is 0 Å². The van der Waals surface area contributed by atoms with Crippen molar-refractivity contribution in [2.45, 2.75) is 74.0 Å². The van der Waals surface area contributed by atoms with Gasteiger partial charge in [0.2, 0.25) is 10.7 Å². The Kier molecular flexibility index (Phi) is 9.45. The highest BCUT2D eigenvalue weighted by atomic mass is 32.1. The van der Waals surface area contributed by atoms with Gasteiger partial charge in [-0.25, -0.2) is 9.38 Å². The third-order valence-electron chi connectivity index (χ3n) is 7.16. The number of nitrogens with zero attached hydrogens (tertiary/aromatic N) is 5. The average Bonchev–Trinajstić information content (AvgIpc) is 3.44. The number of anilines is 1. The molecule has 0 saturated carbocycles. The number of aromatic nitrogens is 2. The van der Waals surface area contributed by atoms with Gasteiger partial charge in [0.15, 0.2) is 12.4 Å². The van der Waals surface area contributed by atoms with E-state index in [0.717, 1.165) is 18.8 Å². The van der Waals surface area contributed by atoms with Gasteiger partial charge in [-0.1, -0.05) is 70.9 Å². The summed E-state index contributed by atoms with van der Waals surface area (Å²) in [5, 5.41) is 0. The summed E-state index contributed by atoms with van der Waals surface area (Å²) in [6.07, 6.45) is 6.22. The number of ether oxygens (including phenoxy) is 1. The maximum Gasteiger partial charge on any atom is 0.265 e. The van der Waals surface area contributed by atoms with E-state index in [-0.39, 0.29) is 47.5 Å². The molecule has 10 heteroatoms. The van der Waals surface area contributed by atoms with Gasteiger partial charge >= 0.3 is 0 Å². The Balaban J connectivity index is 0.000000217. The minimum Gasteiger partial charge on any atom is -0.481 e. The topological polar surface area (TPSA) is 80.0 Å². The molecule has 0 unspecified atom stereocenters. The van der Waals surface area contributed by atoms with E-state index < -0.39 is 5.82 Å². The summed E-state index contributed by atoms with van der Waals surface area (Å²) in [4.78, 5) is 32.8. The molecule has 8 nitrogen and oxygen atoms in total. The van der Waals surface area contributed by atoms with Gasteiger partial charge in [-0.3, -0.25) is 14.5 Å². The molecule has 2 aliphatic rings. The van der Waals surface area contributed by atoms with E-state index in [9.17, 15) is 14.0 Å². The van der Waals surface area contributed by atoms with Crippen LogP contribution in [0.1, 0.15) is 59.9 Å². The van der Waals surface area contributed by atoms with E-state index in [1.807, 2.05) is 48.4 Å². The van der Waals surface area contributed by atoms with E-state index in [1.165, 1.54) is 34.1 Å². The largest absolute Gasteiger partial charge is 0.481 e. The first-order valence-electron chi connectivity index (χ1n) is 14.4. The number of halogens is 1. The lowest BCUT2D eigenvalue weighted by Gasteiger charge is -2.32. The predicted octanol–water partition coefficient (Wildman–Crippen LogP) is 5.73. The number of hydrogen-bond acceptors (Lipinski definition) is 6. The van der Waals surface area contributed by atoms with Crippen molar-refractivity contribution in [2.24, 2.45) is 15.8 Å². The highest BCUT2D eigenvalue weighted by molar-refractivity contribution is 7.02. The molecule has 2 amide bonds. The van der Waals surface area contributed by atoms with E-state index in [4.69, 9.17) is 11.2 Å². The van der Waals surface area contributed by atoms with Gasteiger partial charge in [-0.05, 0) is 30.9 Å². The zero-order valence-electron chi connectivity index (χ0n) is 26.0. The van der Waals surface area contributed by atoms with Gasteiger partial charge in [0.25, 0.3) is 5.91 Å². The molecule has 1 aromatic heterocycles. The number of fused-ring (bicyclic) bond motifs is 2. The molecule has 3 aromatic rings. The summed E-state index contributed by atoms with van der Waals surface area (Å²) >= 11 is 1.24. The molecular weight excluding hydrogens is 565 g/mol. The SMILES string of the molecule is C#CCN1C(=O)COc2cc(F)c(/N=c3\snc4n3CC(C)(C)C4)cc21.CC(C)N(Cc1ccccc1)C(=O)C(C)(C)C. The Morgan fingerprint density at radius 2 is 1.95 bits per heavy atom. The Morgan fingerprint density at radius 3 is 2.58 bits per heavy atom. The van der Waals surface area contributed by atoms with Gasteiger partial charge in [-0.2, -0.15) is 4.37 Å². The number of terminal acetylenes is 1. The molecule has 0 fully saturated rings. The van der Waals surface area contributed by atoms with Crippen molar-refractivity contribution in [3.63, 3.8) is 0 Å².